The smallest absolute Gasteiger partial charge is 0.408 e. The van der Waals surface area contributed by atoms with Crippen molar-refractivity contribution in [2.24, 2.45) is 17.8 Å². The van der Waals surface area contributed by atoms with Crippen molar-refractivity contribution in [2.75, 3.05) is 19.8 Å². The summed E-state index contributed by atoms with van der Waals surface area (Å²) in [5.41, 5.74) is -4.05. The molecule has 0 radical (unpaired) electrons. The van der Waals surface area contributed by atoms with E-state index >= 15 is 13.6 Å². The van der Waals surface area contributed by atoms with Crippen molar-refractivity contribution < 1.29 is 55.7 Å². The molecule has 1 aromatic heterocycles. The summed E-state index contributed by atoms with van der Waals surface area (Å²) in [4.78, 5) is 63.5. The number of carbonyl (C=O) groups excluding carboxylic acids is 3. The first-order chi connectivity index (χ1) is 28.1. The summed E-state index contributed by atoms with van der Waals surface area (Å²) in [5, 5.41) is 14.7. The molecule has 3 N–H and O–H groups in total. The van der Waals surface area contributed by atoms with Gasteiger partial charge in [0.05, 0.1) is 11.3 Å². The molecule has 3 aliphatic heterocycles. The van der Waals surface area contributed by atoms with Crippen LogP contribution in [0.4, 0.5) is 13.6 Å². The topological polar surface area (TPSA) is 194 Å². The van der Waals surface area contributed by atoms with Crippen LogP contribution >= 0.6 is 0 Å². The minimum Gasteiger partial charge on any atom is -0.486 e. The van der Waals surface area contributed by atoms with E-state index in [2.05, 4.69) is 15.0 Å². The monoisotopic (exact) mass is 859 g/mol. The normalized spacial score (nSPS) is 29.3. The average molecular weight is 860 g/mol. The zero-order chi connectivity index (χ0) is 43.6. The van der Waals surface area contributed by atoms with Crippen LogP contribution in [0.1, 0.15) is 92.9 Å². The highest BCUT2D eigenvalue weighted by Crippen LogP contribution is 2.48. The number of nitrogens with one attached hydrogen (secondary N) is 2. The number of carboxylic acid groups (broad SMARTS) is 1. The first-order valence-electron chi connectivity index (χ1n) is 20.7. The van der Waals surface area contributed by atoms with E-state index in [0.29, 0.717) is 79.4 Å². The van der Waals surface area contributed by atoms with Crippen LogP contribution in [0.15, 0.2) is 36.5 Å². The Balaban J connectivity index is 1.30. The van der Waals surface area contributed by atoms with Crippen molar-refractivity contribution >= 4 is 44.6 Å². The molecular formula is C42H55F2N5O10S. The van der Waals surface area contributed by atoms with Gasteiger partial charge in [-0.1, -0.05) is 32.4 Å². The van der Waals surface area contributed by atoms with E-state index in [-0.39, 0.29) is 37.6 Å². The van der Waals surface area contributed by atoms with E-state index in [0.717, 1.165) is 13.8 Å². The van der Waals surface area contributed by atoms with Gasteiger partial charge in [-0.05, 0) is 89.3 Å². The van der Waals surface area contributed by atoms with Gasteiger partial charge in [0.15, 0.2) is 11.5 Å². The molecular weight excluding hydrogens is 805 g/mol. The number of amides is 4. The Morgan fingerprint density at radius 2 is 1.83 bits per heavy atom. The standard InChI is InChI=1S/C42H55F2N5O10S/c1-7-25-20-24(2)10-8-9-11-26-22-42(26,37(52)47-60(55,56)40(5)15-16-40)46-34(50)30-21-27(23-48(30)36(51)32(25)49(38(53)54)39(3,4)41(6,43)44)59-35-29-12-13-31-33(58-19-18-57-31)28(29)14-17-45-35/h9,11-14,17,24-27,30,32H,7-8,10,15-16,18-23H2,1-6H3,(H,46,50)(H,47,52)(H,53,54)/t24-,25-,26-,27-,30+,32+,42-/m1/s1. The number of hydrogen-bond acceptors (Lipinski definition) is 10. The van der Waals surface area contributed by atoms with Crippen molar-refractivity contribution in [1.82, 2.24) is 24.8 Å². The summed E-state index contributed by atoms with van der Waals surface area (Å²) in [7, 11) is -4.10. The number of fused-ring (bicyclic) bond motifs is 5. The molecule has 4 amide bonds. The van der Waals surface area contributed by atoms with Crippen LogP contribution in [-0.2, 0) is 24.4 Å². The van der Waals surface area contributed by atoms with E-state index in [1.165, 1.54) is 11.1 Å². The number of sulfonamides is 1. The Morgan fingerprint density at radius 3 is 2.50 bits per heavy atom. The molecule has 0 spiro atoms. The molecule has 1 saturated heterocycles. The van der Waals surface area contributed by atoms with Gasteiger partial charge in [-0.2, -0.15) is 0 Å². The molecule has 1 aromatic carbocycles. The Bertz CT molecular complexity index is 2190. The zero-order valence-corrected chi connectivity index (χ0v) is 35.7. The lowest BCUT2D eigenvalue weighted by Crippen LogP contribution is -2.67. The van der Waals surface area contributed by atoms with Crippen LogP contribution < -0.4 is 24.2 Å². The summed E-state index contributed by atoms with van der Waals surface area (Å²) in [5.74, 6) is -6.38. The molecule has 5 aliphatic rings. The predicted molar refractivity (Wildman–Crippen MR) is 215 cm³/mol. The number of pyridine rings is 1. The fourth-order valence-electron chi connectivity index (χ4n) is 8.84. The lowest BCUT2D eigenvalue weighted by atomic mass is 9.81. The minimum atomic E-state index is -4.10. The Hall–Kier alpha value is -4.74. The van der Waals surface area contributed by atoms with E-state index in [1.807, 2.05) is 13.0 Å². The number of allylic oxidation sites excluding steroid dienone is 1. The van der Waals surface area contributed by atoms with E-state index < -0.39 is 85.6 Å². The lowest BCUT2D eigenvalue weighted by molar-refractivity contribution is -0.157. The molecule has 7 rings (SSSR count). The fourth-order valence-corrected chi connectivity index (χ4v) is 10.1. The molecule has 328 valence electrons. The third kappa shape index (κ3) is 7.83. The van der Waals surface area contributed by atoms with Crippen molar-refractivity contribution in [3.8, 4) is 17.4 Å². The summed E-state index contributed by atoms with van der Waals surface area (Å²) in [6.07, 6.45) is 4.87. The Labute approximate surface area is 348 Å². The highest BCUT2D eigenvalue weighted by atomic mass is 32.2. The summed E-state index contributed by atoms with van der Waals surface area (Å²) in [6.45, 7) is 8.46. The molecule has 3 fully saturated rings. The maximum absolute atomic E-state index is 15.5. The summed E-state index contributed by atoms with van der Waals surface area (Å²) >= 11 is 0. The number of alkyl halides is 2. The number of halogens is 2. The van der Waals surface area contributed by atoms with Gasteiger partial charge in [0.2, 0.25) is 27.7 Å². The number of nitrogens with zero attached hydrogens (tertiary/aromatic N) is 3. The van der Waals surface area contributed by atoms with Crippen molar-refractivity contribution in [3.05, 3.63) is 36.5 Å². The molecule has 7 atom stereocenters. The first kappa shape index (κ1) is 43.4. The zero-order valence-electron chi connectivity index (χ0n) is 34.8. The molecule has 18 heteroatoms. The van der Waals surface area contributed by atoms with Crippen LogP contribution in [0, 0.1) is 17.8 Å². The minimum absolute atomic E-state index is 0.0899. The second-order valence-electron chi connectivity index (χ2n) is 18.0. The second kappa shape index (κ2) is 15.6. The van der Waals surface area contributed by atoms with Crippen LogP contribution in [0.5, 0.6) is 17.4 Å². The van der Waals surface area contributed by atoms with Crippen molar-refractivity contribution in [1.29, 1.82) is 0 Å². The van der Waals surface area contributed by atoms with Gasteiger partial charge < -0.3 is 29.5 Å². The number of aromatic nitrogens is 1. The maximum Gasteiger partial charge on any atom is 0.408 e. The van der Waals surface area contributed by atoms with Gasteiger partial charge >= 0.3 is 6.09 Å². The van der Waals surface area contributed by atoms with E-state index in [1.54, 1.807) is 38.1 Å². The van der Waals surface area contributed by atoms with Gasteiger partial charge in [-0.25, -0.2) is 27.0 Å². The number of benzene rings is 1. The Morgan fingerprint density at radius 1 is 1.12 bits per heavy atom. The summed E-state index contributed by atoms with van der Waals surface area (Å²) < 4.78 is 76.7. The van der Waals surface area contributed by atoms with Gasteiger partial charge in [0, 0.05) is 36.2 Å². The summed E-state index contributed by atoms with van der Waals surface area (Å²) in [6, 6.07) is 2.16. The van der Waals surface area contributed by atoms with E-state index in [4.69, 9.17) is 14.2 Å². The lowest BCUT2D eigenvalue weighted by Gasteiger charge is -2.47. The van der Waals surface area contributed by atoms with Crippen LogP contribution in [-0.4, -0.2) is 112 Å². The second-order valence-corrected chi connectivity index (χ2v) is 20.2. The van der Waals surface area contributed by atoms with Crippen LogP contribution in [0.2, 0.25) is 0 Å². The SMILES string of the molecule is CC[C@@H]1C[C@H](C)CCC=C[C@@H]2C[C@@]2(C(=O)NS(=O)(=O)C2(C)CC2)NC(=O)[C@@H]2C[C@@H](Oc3nccc4c5c(ccc34)OCCO5)CN2C(=O)[C@H]1N(C(=O)O)C(C)(C)C(C)(F)F. The van der Waals surface area contributed by atoms with Gasteiger partial charge in [0.25, 0.3) is 11.8 Å². The third-order valence-electron chi connectivity index (χ3n) is 13.4. The maximum atomic E-state index is 15.5. The number of hydrogen-bond donors (Lipinski definition) is 3. The fraction of sp³-hybridized carbons (Fsp3) is 0.643. The molecule has 15 nitrogen and oxygen atoms in total. The Kier molecular flexibility index (Phi) is 11.3. The molecule has 2 aliphatic carbocycles. The molecule has 2 saturated carbocycles. The largest absolute Gasteiger partial charge is 0.486 e. The quantitative estimate of drug-likeness (QED) is 0.273. The molecule has 0 bridgehead atoms. The highest BCUT2D eigenvalue weighted by Gasteiger charge is 2.63. The van der Waals surface area contributed by atoms with Gasteiger partial charge in [-0.15, -0.1) is 0 Å². The molecule has 2 aromatic rings. The van der Waals surface area contributed by atoms with E-state index in [9.17, 15) is 27.9 Å². The van der Waals surface area contributed by atoms with Crippen LogP contribution in [0.25, 0.3) is 10.8 Å². The predicted octanol–water partition coefficient (Wildman–Crippen LogP) is 5.41. The average Bonchev–Trinajstić information content (AvgIpc) is 4.06. The van der Waals surface area contributed by atoms with Gasteiger partial charge in [0.1, 0.15) is 42.5 Å². The third-order valence-corrected chi connectivity index (χ3v) is 15.6. The van der Waals surface area contributed by atoms with Crippen molar-refractivity contribution in [3.63, 3.8) is 0 Å². The van der Waals surface area contributed by atoms with Gasteiger partial charge in [-0.3, -0.25) is 24.0 Å². The number of carbonyl (C=O) groups is 4. The molecule has 0 unspecified atom stereocenters. The molecule has 60 heavy (non-hydrogen) atoms. The molecule has 4 heterocycles. The number of rotatable bonds is 9. The van der Waals surface area contributed by atoms with Crippen LogP contribution in [0.3, 0.4) is 0 Å². The number of ether oxygens (including phenoxy) is 3. The first-order valence-corrected chi connectivity index (χ1v) is 22.2. The highest BCUT2D eigenvalue weighted by molar-refractivity contribution is 7.91. The van der Waals surface area contributed by atoms with Crippen molar-refractivity contribution in [2.45, 2.75) is 133 Å².